The van der Waals surface area contributed by atoms with Gasteiger partial charge in [0, 0.05) is 18.4 Å². The average molecular weight is 252 g/mol. The molecule has 0 fully saturated rings. The average Bonchev–Trinajstić information content (AvgIpc) is 2.65. The van der Waals surface area contributed by atoms with Crippen LogP contribution in [0.15, 0.2) is 30.3 Å². The Morgan fingerprint density at radius 1 is 1.11 bits per heavy atom. The molecular weight excluding hydrogens is 232 g/mol. The normalized spacial score (nSPS) is 11.4. The molecule has 1 heterocycles. The van der Waals surface area contributed by atoms with E-state index in [2.05, 4.69) is 55.7 Å². The van der Waals surface area contributed by atoms with Crippen LogP contribution in [0.3, 0.4) is 0 Å². The van der Waals surface area contributed by atoms with E-state index in [0.29, 0.717) is 0 Å². The first-order valence-corrected chi connectivity index (χ1v) is 6.52. The van der Waals surface area contributed by atoms with Gasteiger partial charge in [-0.2, -0.15) is 5.26 Å². The van der Waals surface area contributed by atoms with E-state index in [1.807, 2.05) is 20.0 Å². The maximum atomic E-state index is 9.09. The third kappa shape index (κ3) is 2.42. The highest BCUT2D eigenvalue weighted by Crippen LogP contribution is 2.28. The van der Waals surface area contributed by atoms with Gasteiger partial charge in [-0.05, 0) is 29.5 Å². The van der Waals surface area contributed by atoms with Crippen LogP contribution in [0.1, 0.15) is 37.6 Å². The first-order chi connectivity index (χ1) is 8.84. The molecule has 0 spiro atoms. The monoisotopic (exact) mass is 252 g/mol. The second-order valence-corrected chi connectivity index (χ2v) is 6.03. The van der Waals surface area contributed by atoms with Crippen molar-refractivity contribution in [3.05, 3.63) is 47.2 Å². The molecule has 2 heteroatoms. The van der Waals surface area contributed by atoms with Crippen LogP contribution >= 0.6 is 0 Å². The van der Waals surface area contributed by atoms with Gasteiger partial charge < -0.3 is 4.57 Å². The van der Waals surface area contributed by atoms with Gasteiger partial charge in [0.2, 0.25) is 0 Å². The van der Waals surface area contributed by atoms with Crippen molar-refractivity contribution in [1.82, 2.24) is 4.57 Å². The molecule has 1 aromatic carbocycles. The van der Waals surface area contributed by atoms with Crippen LogP contribution in [0.4, 0.5) is 0 Å². The summed E-state index contributed by atoms with van der Waals surface area (Å²) < 4.78 is 2.07. The van der Waals surface area contributed by atoms with E-state index in [0.717, 1.165) is 22.5 Å². The van der Waals surface area contributed by atoms with Crippen LogP contribution in [0, 0.1) is 18.3 Å². The van der Waals surface area contributed by atoms with Gasteiger partial charge in [0.25, 0.3) is 0 Å². The fraction of sp³-hybridized carbons (Fsp3) is 0.353. The zero-order valence-corrected chi connectivity index (χ0v) is 12.3. The number of hydrogen-bond donors (Lipinski definition) is 0. The summed E-state index contributed by atoms with van der Waals surface area (Å²) in [6.07, 6.45) is 0. The molecule has 0 bridgehead atoms. The molecular formula is C17H20N2. The summed E-state index contributed by atoms with van der Waals surface area (Å²) in [6, 6.07) is 12.8. The number of aromatic nitrogens is 1. The molecule has 0 atom stereocenters. The van der Waals surface area contributed by atoms with E-state index in [9.17, 15) is 0 Å². The highest BCUT2D eigenvalue weighted by molar-refractivity contribution is 5.64. The number of nitriles is 1. The molecule has 0 saturated carbocycles. The number of hydrogen-bond acceptors (Lipinski definition) is 1. The molecule has 98 valence electrons. The predicted molar refractivity (Wildman–Crippen MR) is 79.0 cm³/mol. The van der Waals surface area contributed by atoms with Gasteiger partial charge in [0.1, 0.15) is 6.07 Å². The quantitative estimate of drug-likeness (QED) is 0.748. The van der Waals surface area contributed by atoms with Gasteiger partial charge in [-0.15, -0.1) is 0 Å². The molecule has 1 aromatic heterocycles. The van der Waals surface area contributed by atoms with Gasteiger partial charge in [-0.25, -0.2) is 0 Å². The Morgan fingerprint density at radius 2 is 1.68 bits per heavy atom. The molecule has 19 heavy (non-hydrogen) atoms. The van der Waals surface area contributed by atoms with Crippen LogP contribution < -0.4 is 0 Å². The first kappa shape index (κ1) is 13.4. The second-order valence-electron chi connectivity index (χ2n) is 6.03. The summed E-state index contributed by atoms with van der Waals surface area (Å²) in [4.78, 5) is 0. The summed E-state index contributed by atoms with van der Waals surface area (Å²) in [7, 11) is 2.00. The zero-order valence-electron chi connectivity index (χ0n) is 12.3. The highest BCUT2D eigenvalue weighted by atomic mass is 15.0. The number of rotatable bonds is 1. The molecule has 0 saturated heterocycles. The summed E-state index contributed by atoms with van der Waals surface area (Å²) >= 11 is 0. The smallest absolute Gasteiger partial charge is 0.101 e. The van der Waals surface area contributed by atoms with Crippen LogP contribution in [0.2, 0.25) is 0 Å². The van der Waals surface area contributed by atoms with Crippen molar-refractivity contribution in [2.75, 3.05) is 0 Å². The lowest BCUT2D eigenvalue weighted by Gasteiger charge is -2.19. The Kier molecular flexibility index (Phi) is 3.24. The fourth-order valence-corrected chi connectivity index (χ4v) is 2.23. The Morgan fingerprint density at radius 3 is 2.11 bits per heavy atom. The minimum absolute atomic E-state index is 0.167. The van der Waals surface area contributed by atoms with Crippen LogP contribution in [-0.2, 0) is 12.5 Å². The molecule has 2 aromatic rings. The van der Waals surface area contributed by atoms with Crippen molar-refractivity contribution in [2.45, 2.75) is 33.1 Å². The lowest BCUT2D eigenvalue weighted by Crippen LogP contribution is -2.10. The summed E-state index contributed by atoms with van der Waals surface area (Å²) in [5, 5.41) is 9.09. The van der Waals surface area contributed by atoms with Crippen molar-refractivity contribution >= 4 is 0 Å². The fourth-order valence-electron chi connectivity index (χ4n) is 2.23. The van der Waals surface area contributed by atoms with Gasteiger partial charge >= 0.3 is 0 Å². The first-order valence-electron chi connectivity index (χ1n) is 6.52. The van der Waals surface area contributed by atoms with Gasteiger partial charge in [0.15, 0.2) is 0 Å². The van der Waals surface area contributed by atoms with Crippen molar-refractivity contribution in [3.8, 4) is 17.3 Å². The van der Waals surface area contributed by atoms with Crippen molar-refractivity contribution < 1.29 is 0 Å². The van der Waals surface area contributed by atoms with E-state index < -0.39 is 0 Å². The van der Waals surface area contributed by atoms with E-state index in [1.165, 1.54) is 5.56 Å². The number of nitrogens with zero attached hydrogens (tertiary/aromatic N) is 2. The van der Waals surface area contributed by atoms with Crippen molar-refractivity contribution in [3.63, 3.8) is 0 Å². The topological polar surface area (TPSA) is 28.7 Å². The van der Waals surface area contributed by atoms with Crippen LogP contribution in [-0.4, -0.2) is 4.57 Å². The van der Waals surface area contributed by atoms with E-state index in [1.54, 1.807) is 0 Å². The van der Waals surface area contributed by atoms with Gasteiger partial charge in [-0.3, -0.25) is 0 Å². The van der Waals surface area contributed by atoms with E-state index >= 15 is 0 Å². The molecule has 0 aliphatic rings. The molecule has 2 rings (SSSR count). The summed E-state index contributed by atoms with van der Waals surface area (Å²) in [5.41, 5.74) is 5.49. The Hall–Kier alpha value is -2.01. The maximum absolute atomic E-state index is 9.09. The summed E-state index contributed by atoms with van der Waals surface area (Å²) in [5.74, 6) is 0. The minimum Gasteiger partial charge on any atom is -0.347 e. The van der Waals surface area contributed by atoms with Crippen molar-refractivity contribution in [2.24, 2.45) is 7.05 Å². The predicted octanol–water partition coefficient (Wildman–Crippen LogP) is 4.17. The molecule has 0 N–H and O–H groups in total. The van der Waals surface area contributed by atoms with Crippen LogP contribution in [0.5, 0.6) is 0 Å². The Labute approximate surface area is 115 Å². The Balaban J connectivity index is 2.47. The minimum atomic E-state index is 0.167. The third-order valence-corrected chi connectivity index (χ3v) is 3.70. The van der Waals surface area contributed by atoms with Crippen molar-refractivity contribution in [1.29, 1.82) is 5.26 Å². The van der Waals surface area contributed by atoms with E-state index in [-0.39, 0.29) is 5.41 Å². The largest absolute Gasteiger partial charge is 0.347 e. The standard InChI is InChI=1S/C17H20N2/c1-12-14(11-18)10-16(19(12)5)13-6-8-15(9-7-13)17(2,3)4/h6-10H,1-5H3. The van der Waals surface area contributed by atoms with Gasteiger partial charge in [0.05, 0.1) is 5.56 Å². The van der Waals surface area contributed by atoms with Gasteiger partial charge in [-0.1, -0.05) is 45.0 Å². The third-order valence-electron chi connectivity index (χ3n) is 3.70. The molecule has 0 aliphatic carbocycles. The molecule has 0 aliphatic heterocycles. The van der Waals surface area contributed by atoms with E-state index in [4.69, 9.17) is 5.26 Å². The highest BCUT2D eigenvalue weighted by Gasteiger charge is 2.14. The maximum Gasteiger partial charge on any atom is 0.101 e. The molecule has 0 radical (unpaired) electrons. The summed E-state index contributed by atoms with van der Waals surface area (Å²) in [6.45, 7) is 8.61. The number of benzene rings is 1. The zero-order chi connectivity index (χ0) is 14.2. The molecule has 0 unspecified atom stereocenters. The van der Waals surface area contributed by atoms with Crippen LogP contribution in [0.25, 0.3) is 11.3 Å². The SMILES string of the molecule is Cc1c(C#N)cc(-c2ccc(C(C)(C)C)cc2)n1C. The lowest BCUT2D eigenvalue weighted by atomic mass is 9.86. The Bertz CT molecular complexity index is 632. The molecule has 0 amide bonds. The molecule has 2 nitrogen and oxygen atoms in total. The second kappa shape index (κ2) is 4.59. The lowest BCUT2D eigenvalue weighted by molar-refractivity contribution is 0.590.